The molecule has 3 fully saturated rings. The summed E-state index contributed by atoms with van der Waals surface area (Å²) in [6.07, 6.45) is 9.87. The summed E-state index contributed by atoms with van der Waals surface area (Å²) in [5.74, 6) is -1.39. The average molecular weight is 499 g/mol. The van der Waals surface area contributed by atoms with Crippen molar-refractivity contribution in [1.82, 2.24) is 0 Å². The summed E-state index contributed by atoms with van der Waals surface area (Å²) in [4.78, 5) is 49.0. The number of Topliss-reactive ketones (excluding diaryl/α,β-unsaturated/α-hetero) is 1. The van der Waals surface area contributed by atoms with E-state index < -0.39 is 40.6 Å². The minimum atomic E-state index is -1.40. The minimum Gasteiger partial charge on any atom is -0.458 e. The van der Waals surface area contributed by atoms with Gasteiger partial charge < -0.3 is 18.9 Å². The Kier molecular flexibility index (Phi) is 5.46. The van der Waals surface area contributed by atoms with E-state index >= 15 is 0 Å². The molecule has 5 rings (SSSR count). The molecule has 1 heterocycles. The van der Waals surface area contributed by atoms with Gasteiger partial charge in [-0.15, -0.1) is 0 Å². The van der Waals surface area contributed by atoms with Crippen molar-refractivity contribution in [2.45, 2.75) is 78.1 Å². The molecule has 194 valence electrons. The standard InChI is InChI=1S/C28H34O8/c1-15-11-22-21-8-7-19-12-20(34-17(3)30)9-10-25(19,5)28(21)24(36-28)13-26(22,6)27(15,35-18(4)31)23(32)14-33-16(2)29/h7,9-10,12,15,21-22,24H,8,11,13-14H2,1-6H3/t15-,21+,22+,24+,25+,26+,27+,28-/m1/s1. The molecule has 1 saturated heterocycles. The molecule has 0 bridgehead atoms. The number of rotatable bonds is 5. The molecule has 2 saturated carbocycles. The van der Waals surface area contributed by atoms with Crippen molar-refractivity contribution in [3.05, 3.63) is 35.6 Å². The van der Waals surface area contributed by atoms with Crippen molar-refractivity contribution in [3.63, 3.8) is 0 Å². The molecule has 8 heteroatoms. The van der Waals surface area contributed by atoms with E-state index in [1.54, 1.807) is 0 Å². The monoisotopic (exact) mass is 498 g/mol. The zero-order valence-electron chi connectivity index (χ0n) is 21.7. The molecule has 4 aliphatic carbocycles. The Balaban J connectivity index is 1.55. The SMILES string of the molecule is CC(=O)OCC(=O)[C@@]1(OC(C)=O)[C@H](C)C[C@H]2[C@@H]3CC=C4C=C(OC(C)=O)C=C[C@]4(C)[C@@]34O[C@H]4C[C@@]21C. The molecule has 0 aromatic carbocycles. The Hall–Kier alpha value is -2.74. The van der Waals surface area contributed by atoms with Gasteiger partial charge in [0.05, 0.1) is 6.10 Å². The van der Waals surface area contributed by atoms with Crippen molar-refractivity contribution >= 4 is 23.7 Å². The number of allylic oxidation sites excluding steroid dienone is 3. The molecule has 36 heavy (non-hydrogen) atoms. The maximum atomic E-state index is 13.7. The zero-order chi connectivity index (χ0) is 26.3. The second-order valence-corrected chi connectivity index (χ2v) is 11.5. The summed E-state index contributed by atoms with van der Waals surface area (Å²) in [5.41, 5.74) is -1.87. The van der Waals surface area contributed by atoms with Gasteiger partial charge in [0.2, 0.25) is 5.78 Å². The summed E-state index contributed by atoms with van der Waals surface area (Å²) in [6.45, 7) is 9.69. The highest BCUT2D eigenvalue weighted by molar-refractivity contribution is 5.93. The van der Waals surface area contributed by atoms with Crippen LogP contribution in [-0.2, 0) is 38.1 Å². The van der Waals surface area contributed by atoms with E-state index in [4.69, 9.17) is 18.9 Å². The maximum absolute atomic E-state index is 13.7. The molecular formula is C28H34O8. The summed E-state index contributed by atoms with van der Waals surface area (Å²) < 4.78 is 23.0. The van der Waals surface area contributed by atoms with Crippen LogP contribution < -0.4 is 0 Å². The number of hydrogen-bond donors (Lipinski definition) is 0. The van der Waals surface area contributed by atoms with Crippen molar-refractivity contribution < 1.29 is 38.1 Å². The lowest BCUT2D eigenvalue weighted by Crippen LogP contribution is -2.63. The fourth-order valence-electron chi connectivity index (χ4n) is 8.32. The summed E-state index contributed by atoms with van der Waals surface area (Å²) in [6, 6.07) is 0. The van der Waals surface area contributed by atoms with Crippen molar-refractivity contribution in [1.29, 1.82) is 0 Å². The van der Waals surface area contributed by atoms with Crippen LogP contribution in [0.3, 0.4) is 0 Å². The highest BCUT2D eigenvalue weighted by Gasteiger charge is 2.82. The second-order valence-electron chi connectivity index (χ2n) is 11.5. The van der Waals surface area contributed by atoms with E-state index in [-0.39, 0.29) is 35.6 Å². The van der Waals surface area contributed by atoms with E-state index in [0.29, 0.717) is 18.6 Å². The van der Waals surface area contributed by atoms with Crippen LogP contribution in [0.25, 0.3) is 0 Å². The van der Waals surface area contributed by atoms with Crippen LogP contribution in [0.2, 0.25) is 0 Å². The summed E-state index contributed by atoms with van der Waals surface area (Å²) >= 11 is 0. The molecule has 8 nitrogen and oxygen atoms in total. The van der Waals surface area contributed by atoms with Crippen molar-refractivity contribution in [2.24, 2.45) is 28.6 Å². The first kappa shape index (κ1) is 24.9. The number of ether oxygens (including phenoxy) is 4. The van der Waals surface area contributed by atoms with Crippen LogP contribution >= 0.6 is 0 Å². The van der Waals surface area contributed by atoms with Gasteiger partial charge in [-0.2, -0.15) is 0 Å². The van der Waals surface area contributed by atoms with Gasteiger partial charge in [0.25, 0.3) is 0 Å². The fourth-order valence-corrected chi connectivity index (χ4v) is 8.32. The van der Waals surface area contributed by atoms with Gasteiger partial charge in [-0.25, -0.2) is 0 Å². The summed E-state index contributed by atoms with van der Waals surface area (Å²) in [7, 11) is 0. The zero-order valence-corrected chi connectivity index (χ0v) is 21.7. The number of carbonyl (C=O) groups excluding carboxylic acids is 4. The first-order valence-electron chi connectivity index (χ1n) is 12.7. The molecule has 1 spiro atoms. The molecule has 0 radical (unpaired) electrons. The molecule has 0 unspecified atom stereocenters. The Bertz CT molecular complexity index is 1150. The van der Waals surface area contributed by atoms with Gasteiger partial charge in [0, 0.05) is 37.5 Å². The predicted octanol–water partition coefficient (Wildman–Crippen LogP) is 3.59. The number of epoxide rings is 1. The highest BCUT2D eigenvalue weighted by atomic mass is 16.6. The highest BCUT2D eigenvalue weighted by Crippen LogP contribution is 2.76. The smallest absolute Gasteiger partial charge is 0.308 e. The van der Waals surface area contributed by atoms with Crippen LogP contribution in [-0.4, -0.2) is 47.6 Å². The van der Waals surface area contributed by atoms with E-state index in [1.165, 1.54) is 20.8 Å². The van der Waals surface area contributed by atoms with Gasteiger partial charge in [0.1, 0.15) is 11.4 Å². The normalized spacial score (nSPS) is 43.5. The maximum Gasteiger partial charge on any atom is 0.308 e. The number of ketones is 1. The summed E-state index contributed by atoms with van der Waals surface area (Å²) in [5, 5.41) is 0. The first-order chi connectivity index (χ1) is 16.8. The van der Waals surface area contributed by atoms with Crippen LogP contribution in [0.1, 0.15) is 60.8 Å². The fraction of sp³-hybridized carbons (Fsp3) is 0.643. The lowest BCUT2D eigenvalue weighted by Gasteiger charge is -2.55. The third-order valence-electron chi connectivity index (χ3n) is 9.64. The lowest BCUT2D eigenvalue weighted by molar-refractivity contribution is -0.192. The predicted molar refractivity (Wildman–Crippen MR) is 127 cm³/mol. The van der Waals surface area contributed by atoms with Gasteiger partial charge in [0.15, 0.2) is 12.2 Å². The van der Waals surface area contributed by atoms with Crippen molar-refractivity contribution in [3.8, 4) is 0 Å². The molecule has 5 aliphatic rings. The van der Waals surface area contributed by atoms with Gasteiger partial charge >= 0.3 is 17.9 Å². The third kappa shape index (κ3) is 3.09. The molecule has 0 aromatic rings. The van der Waals surface area contributed by atoms with E-state index in [2.05, 4.69) is 19.1 Å². The number of fused-ring (bicyclic) bond motifs is 3. The van der Waals surface area contributed by atoms with Crippen molar-refractivity contribution in [2.75, 3.05) is 6.61 Å². The quantitative estimate of drug-likeness (QED) is 0.321. The molecule has 1 aliphatic heterocycles. The number of carbonyl (C=O) groups is 4. The molecule has 0 aromatic heterocycles. The van der Waals surface area contributed by atoms with Crippen LogP contribution in [0.4, 0.5) is 0 Å². The third-order valence-corrected chi connectivity index (χ3v) is 9.64. The second kappa shape index (κ2) is 7.88. The Morgan fingerprint density at radius 2 is 1.78 bits per heavy atom. The van der Waals surface area contributed by atoms with Crippen LogP contribution in [0.15, 0.2) is 35.6 Å². The average Bonchev–Trinajstić information content (AvgIpc) is 3.45. The molecule has 8 atom stereocenters. The lowest BCUT2D eigenvalue weighted by atomic mass is 9.48. The van der Waals surface area contributed by atoms with E-state index in [1.807, 2.05) is 26.0 Å². The minimum absolute atomic E-state index is 0.0498. The number of esters is 3. The van der Waals surface area contributed by atoms with Crippen LogP contribution in [0.5, 0.6) is 0 Å². The van der Waals surface area contributed by atoms with Gasteiger partial charge in [-0.3, -0.25) is 19.2 Å². The van der Waals surface area contributed by atoms with E-state index in [9.17, 15) is 19.2 Å². The largest absolute Gasteiger partial charge is 0.458 e. The Morgan fingerprint density at radius 1 is 1.06 bits per heavy atom. The van der Waals surface area contributed by atoms with Crippen LogP contribution in [0, 0.1) is 28.6 Å². The molecule has 0 amide bonds. The molecule has 0 N–H and O–H groups in total. The number of hydrogen-bond acceptors (Lipinski definition) is 8. The Labute approximate surface area is 211 Å². The van der Waals surface area contributed by atoms with Gasteiger partial charge in [-0.1, -0.05) is 26.0 Å². The molecular weight excluding hydrogens is 464 g/mol. The Morgan fingerprint density at radius 3 is 2.42 bits per heavy atom. The van der Waals surface area contributed by atoms with Gasteiger partial charge in [-0.05, 0) is 55.7 Å². The first-order valence-corrected chi connectivity index (χ1v) is 12.7. The topological polar surface area (TPSA) is 109 Å². The van der Waals surface area contributed by atoms with E-state index in [0.717, 1.165) is 12.0 Å².